The minimum absolute atomic E-state index is 0.516. The van der Waals surface area contributed by atoms with Crippen molar-refractivity contribution in [1.29, 1.82) is 0 Å². The maximum Gasteiger partial charge on any atom is 0.229 e. The Labute approximate surface area is 145 Å². The molecule has 0 saturated carbocycles. The zero-order chi connectivity index (χ0) is 17.1. The summed E-state index contributed by atoms with van der Waals surface area (Å²) in [4.78, 5) is 9.18. The highest BCUT2D eigenvalue weighted by Crippen LogP contribution is 2.33. The second-order valence-corrected chi connectivity index (χ2v) is 5.57. The molecular formula is C19H18N4O2. The van der Waals surface area contributed by atoms with Gasteiger partial charge in [0, 0.05) is 23.7 Å². The van der Waals surface area contributed by atoms with Crippen LogP contribution in [0.15, 0.2) is 55.1 Å². The molecule has 6 nitrogen and oxygen atoms in total. The first kappa shape index (κ1) is 15.3. The van der Waals surface area contributed by atoms with Gasteiger partial charge in [0.15, 0.2) is 11.5 Å². The molecule has 6 heteroatoms. The lowest BCUT2D eigenvalue weighted by atomic mass is 10.2. The van der Waals surface area contributed by atoms with Gasteiger partial charge in [-0.2, -0.15) is 4.98 Å². The summed E-state index contributed by atoms with van der Waals surface area (Å²) in [5, 5.41) is 7.47. The number of ether oxygens (including phenoxy) is 2. The van der Waals surface area contributed by atoms with Crippen molar-refractivity contribution < 1.29 is 9.47 Å². The minimum Gasteiger partial charge on any atom is -0.486 e. The number of aromatic nitrogens is 2. The van der Waals surface area contributed by atoms with Crippen LogP contribution >= 0.6 is 0 Å². The Morgan fingerprint density at radius 3 is 2.76 bits per heavy atom. The summed E-state index contributed by atoms with van der Waals surface area (Å²) in [6.45, 7) is 5.50. The smallest absolute Gasteiger partial charge is 0.229 e. The first-order valence-electron chi connectivity index (χ1n) is 8.12. The van der Waals surface area contributed by atoms with Gasteiger partial charge in [0.05, 0.1) is 5.52 Å². The van der Waals surface area contributed by atoms with Crippen molar-refractivity contribution in [1.82, 2.24) is 9.97 Å². The summed E-state index contributed by atoms with van der Waals surface area (Å²) >= 11 is 0. The van der Waals surface area contributed by atoms with Gasteiger partial charge >= 0.3 is 0 Å². The van der Waals surface area contributed by atoms with Gasteiger partial charge in [0.25, 0.3) is 0 Å². The first-order valence-corrected chi connectivity index (χ1v) is 8.12. The minimum atomic E-state index is 0.516. The second-order valence-electron chi connectivity index (χ2n) is 5.57. The Morgan fingerprint density at radius 1 is 1.04 bits per heavy atom. The molecule has 0 aliphatic carbocycles. The molecule has 2 aromatic carbocycles. The van der Waals surface area contributed by atoms with Crippen LogP contribution in [0.4, 0.5) is 17.5 Å². The van der Waals surface area contributed by atoms with Crippen LogP contribution in [0, 0.1) is 0 Å². The highest BCUT2D eigenvalue weighted by molar-refractivity contribution is 5.90. The molecule has 0 bridgehead atoms. The maximum atomic E-state index is 5.62. The van der Waals surface area contributed by atoms with E-state index in [1.54, 1.807) is 6.08 Å². The van der Waals surface area contributed by atoms with E-state index in [2.05, 4.69) is 27.2 Å². The molecule has 0 spiro atoms. The fourth-order valence-electron chi connectivity index (χ4n) is 2.69. The Balaban J connectivity index is 1.68. The van der Waals surface area contributed by atoms with E-state index in [4.69, 9.17) is 9.47 Å². The van der Waals surface area contributed by atoms with Gasteiger partial charge in [0.1, 0.15) is 19.0 Å². The molecule has 0 saturated heterocycles. The summed E-state index contributed by atoms with van der Waals surface area (Å²) < 4.78 is 11.2. The fourth-order valence-corrected chi connectivity index (χ4v) is 2.69. The quantitative estimate of drug-likeness (QED) is 0.693. The molecule has 25 heavy (non-hydrogen) atoms. The molecule has 4 rings (SSSR count). The molecule has 0 unspecified atom stereocenters. The van der Waals surface area contributed by atoms with Gasteiger partial charge in [-0.25, -0.2) is 4.98 Å². The summed E-state index contributed by atoms with van der Waals surface area (Å²) in [7, 11) is 0. The molecule has 0 amide bonds. The van der Waals surface area contributed by atoms with Crippen molar-refractivity contribution in [2.24, 2.45) is 0 Å². The maximum absolute atomic E-state index is 5.62. The molecule has 1 aromatic heterocycles. The number of nitrogens with zero attached hydrogens (tertiary/aromatic N) is 2. The molecule has 2 heterocycles. The van der Waals surface area contributed by atoms with Gasteiger partial charge in [-0.3, -0.25) is 0 Å². The van der Waals surface area contributed by atoms with Gasteiger partial charge in [-0.1, -0.05) is 18.2 Å². The van der Waals surface area contributed by atoms with Crippen LogP contribution < -0.4 is 20.1 Å². The van der Waals surface area contributed by atoms with Gasteiger partial charge in [-0.15, -0.1) is 6.58 Å². The molecule has 1 aliphatic rings. The zero-order valence-electron chi connectivity index (χ0n) is 13.7. The Hall–Kier alpha value is -3.28. The van der Waals surface area contributed by atoms with E-state index in [1.807, 2.05) is 42.5 Å². The van der Waals surface area contributed by atoms with Crippen molar-refractivity contribution in [2.45, 2.75) is 0 Å². The average molecular weight is 334 g/mol. The first-order chi connectivity index (χ1) is 12.3. The van der Waals surface area contributed by atoms with E-state index in [9.17, 15) is 0 Å². The van der Waals surface area contributed by atoms with Crippen LogP contribution in [-0.4, -0.2) is 29.7 Å². The molecular weight excluding hydrogens is 316 g/mol. The Bertz CT molecular complexity index is 926. The summed E-state index contributed by atoms with van der Waals surface area (Å²) in [5.74, 6) is 2.76. The lowest BCUT2D eigenvalue weighted by Gasteiger charge is -2.19. The SMILES string of the molecule is C=CCNc1nc(Nc2ccc3c(c2)OCCO3)nc2ccccc12. The topological polar surface area (TPSA) is 68.3 Å². The molecule has 1 aliphatic heterocycles. The van der Waals surface area contributed by atoms with Crippen LogP contribution in [0.2, 0.25) is 0 Å². The summed E-state index contributed by atoms with van der Waals surface area (Å²) in [6, 6.07) is 13.6. The van der Waals surface area contributed by atoms with Crippen LogP contribution in [-0.2, 0) is 0 Å². The van der Waals surface area contributed by atoms with E-state index in [1.165, 1.54) is 0 Å². The van der Waals surface area contributed by atoms with Crippen LogP contribution in [0.1, 0.15) is 0 Å². The van der Waals surface area contributed by atoms with Crippen molar-refractivity contribution in [3.05, 3.63) is 55.1 Å². The highest BCUT2D eigenvalue weighted by Gasteiger charge is 2.13. The third-order valence-electron chi connectivity index (χ3n) is 3.82. The largest absolute Gasteiger partial charge is 0.486 e. The van der Waals surface area contributed by atoms with E-state index < -0.39 is 0 Å². The van der Waals surface area contributed by atoms with Crippen molar-refractivity contribution in [3.63, 3.8) is 0 Å². The van der Waals surface area contributed by atoms with Crippen molar-refractivity contribution in [3.8, 4) is 11.5 Å². The number of para-hydroxylation sites is 1. The Kier molecular flexibility index (Phi) is 4.08. The third kappa shape index (κ3) is 3.19. The van der Waals surface area contributed by atoms with Crippen molar-refractivity contribution in [2.75, 3.05) is 30.4 Å². The monoisotopic (exact) mass is 334 g/mol. The standard InChI is InChI=1S/C19H18N4O2/c1-2-9-20-18-14-5-3-4-6-15(14)22-19(23-18)21-13-7-8-16-17(12-13)25-11-10-24-16/h2-8,12H,1,9-11H2,(H2,20,21,22,23). The molecule has 2 N–H and O–H groups in total. The number of nitrogens with one attached hydrogen (secondary N) is 2. The number of hydrogen-bond donors (Lipinski definition) is 2. The number of anilines is 3. The molecule has 3 aromatic rings. The Morgan fingerprint density at radius 2 is 1.88 bits per heavy atom. The second kappa shape index (κ2) is 6.68. The van der Waals surface area contributed by atoms with E-state index in [0.29, 0.717) is 25.7 Å². The van der Waals surface area contributed by atoms with Crippen LogP contribution in [0.5, 0.6) is 11.5 Å². The molecule has 0 fully saturated rings. The van der Waals surface area contributed by atoms with E-state index >= 15 is 0 Å². The number of rotatable bonds is 5. The summed E-state index contributed by atoms with van der Waals surface area (Å²) in [5.41, 5.74) is 1.71. The van der Waals surface area contributed by atoms with E-state index in [0.717, 1.165) is 33.9 Å². The fraction of sp³-hybridized carbons (Fsp3) is 0.158. The van der Waals surface area contributed by atoms with Gasteiger partial charge < -0.3 is 20.1 Å². The molecule has 126 valence electrons. The predicted octanol–water partition coefficient (Wildman–Crippen LogP) is 3.74. The lowest BCUT2D eigenvalue weighted by Crippen LogP contribution is -2.15. The van der Waals surface area contributed by atoms with Crippen LogP contribution in [0.25, 0.3) is 10.9 Å². The lowest BCUT2D eigenvalue weighted by molar-refractivity contribution is 0.171. The number of fused-ring (bicyclic) bond motifs is 2. The van der Waals surface area contributed by atoms with Crippen molar-refractivity contribution >= 4 is 28.4 Å². The van der Waals surface area contributed by atoms with E-state index in [-0.39, 0.29) is 0 Å². The van der Waals surface area contributed by atoms with Crippen LogP contribution in [0.3, 0.4) is 0 Å². The summed E-state index contributed by atoms with van der Waals surface area (Å²) in [6.07, 6.45) is 1.80. The molecule has 0 atom stereocenters. The predicted molar refractivity (Wildman–Crippen MR) is 98.9 cm³/mol. The average Bonchev–Trinajstić information content (AvgIpc) is 2.66. The third-order valence-corrected chi connectivity index (χ3v) is 3.82. The van der Waals surface area contributed by atoms with Gasteiger partial charge in [-0.05, 0) is 24.3 Å². The number of benzene rings is 2. The molecule has 0 radical (unpaired) electrons. The zero-order valence-corrected chi connectivity index (χ0v) is 13.7. The van der Waals surface area contributed by atoms with Gasteiger partial charge in [0.2, 0.25) is 5.95 Å². The highest BCUT2D eigenvalue weighted by atomic mass is 16.6. The normalized spacial score (nSPS) is 12.6. The number of hydrogen-bond acceptors (Lipinski definition) is 6.